The second kappa shape index (κ2) is 67.6. The molecule has 0 aromatic rings. The molecule has 0 saturated heterocycles. The van der Waals surface area contributed by atoms with Gasteiger partial charge in [-0.3, -0.25) is 14.4 Å². The van der Waals surface area contributed by atoms with Crippen LogP contribution in [-0.4, -0.2) is 37.2 Å². The normalized spacial score (nSPS) is 12.4. The highest BCUT2D eigenvalue weighted by Crippen LogP contribution is 2.18. The molecule has 0 aromatic carbocycles. The third-order valence-electron chi connectivity index (χ3n) is 15.5. The van der Waals surface area contributed by atoms with E-state index in [4.69, 9.17) is 14.2 Å². The third-order valence-corrected chi connectivity index (χ3v) is 15.5. The molecule has 0 fully saturated rings. The first-order valence-corrected chi connectivity index (χ1v) is 34.8. The minimum absolute atomic E-state index is 0.0731. The Labute approximate surface area is 491 Å². The van der Waals surface area contributed by atoms with E-state index in [0.717, 1.165) is 77.0 Å². The lowest BCUT2D eigenvalue weighted by atomic mass is 10.0. The largest absolute Gasteiger partial charge is 0.462 e. The average molecular weight is 1110 g/mol. The van der Waals surface area contributed by atoms with Crippen molar-refractivity contribution in [3.8, 4) is 0 Å². The van der Waals surface area contributed by atoms with Crippen LogP contribution in [0.5, 0.6) is 0 Å². The molecule has 0 saturated carbocycles. The van der Waals surface area contributed by atoms with Crippen LogP contribution < -0.4 is 0 Å². The van der Waals surface area contributed by atoms with Gasteiger partial charge in [0.05, 0.1) is 0 Å². The number of unbranched alkanes of at least 4 members (excludes halogenated alkanes) is 43. The van der Waals surface area contributed by atoms with E-state index < -0.39 is 6.10 Å². The van der Waals surface area contributed by atoms with Gasteiger partial charge < -0.3 is 14.2 Å². The maximum absolute atomic E-state index is 12.9. The maximum Gasteiger partial charge on any atom is 0.306 e. The average Bonchev–Trinajstić information content (AvgIpc) is 3.45. The molecule has 1 unspecified atom stereocenters. The first-order valence-electron chi connectivity index (χ1n) is 34.8. The number of carbonyl (C=O) groups is 3. The zero-order valence-corrected chi connectivity index (χ0v) is 52.9. The molecule has 6 nitrogen and oxygen atoms in total. The summed E-state index contributed by atoms with van der Waals surface area (Å²) in [5, 5.41) is 0. The lowest BCUT2D eigenvalue weighted by molar-refractivity contribution is -0.167. The summed E-state index contributed by atoms with van der Waals surface area (Å²) in [4.78, 5) is 38.5. The Morgan fingerprint density at radius 1 is 0.253 bits per heavy atom. The Morgan fingerprint density at radius 3 is 0.734 bits per heavy atom. The van der Waals surface area contributed by atoms with E-state index in [1.54, 1.807) is 0 Å². The second-order valence-electron chi connectivity index (χ2n) is 23.4. The number of allylic oxidation sites excluding steroid dienone is 10. The SMILES string of the molecule is CCCCC/C=C\C/C=C\CCCCCCCCCCCC(=O)OC(COC(=O)CCCCCCCCCCCC/C=C\C/C=C\C/C=C\CCCCCCC)COC(=O)CCCCCCCCCCCCCCCCCCC. The van der Waals surface area contributed by atoms with Gasteiger partial charge in [-0.1, -0.05) is 319 Å². The number of rotatable bonds is 64. The molecule has 0 aliphatic rings. The van der Waals surface area contributed by atoms with Crippen molar-refractivity contribution in [2.75, 3.05) is 13.2 Å². The predicted molar refractivity (Wildman–Crippen MR) is 344 cm³/mol. The Hall–Kier alpha value is -2.89. The van der Waals surface area contributed by atoms with Crippen molar-refractivity contribution in [3.63, 3.8) is 0 Å². The first kappa shape index (κ1) is 76.1. The zero-order chi connectivity index (χ0) is 57.1. The van der Waals surface area contributed by atoms with E-state index in [-0.39, 0.29) is 31.1 Å². The highest BCUT2D eigenvalue weighted by molar-refractivity contribution is 5.71. The standard InChI is InChI=1S/C73H132O6/c1-4-7-10-13-16-19-22-25-28-31-33-34-35-36-37-38-40-42-45-48-51-54-57-60-63-66-72(75)78-69-70(68-77-71(74)65-62-59-56-53-50-47-44-41-30-27-24-21-18-15-12-9-6-3)79-73(76)67-64-61-58-55-52-49-46-43-39-32-29-26-23-20-17-14-11-8-5-2/h17,20,22,25-26,29,31,33,35-36,70H,4-16,18-19,21,23-24,27-28,30,32,34,37-69H2,1-3H3/b20-17-,25-22-,29-26-,33-31-,36-35-. The number of hydrogen-bond donors (Lipinski definition) is 0. The molecule has 1 atom stereocenters. The second-order valence-corrected chi connectivity index (χ2v) is 23.4. The molecular formula is C73H132O6. The summed E-state index contributed by atoms with van der Waals surface area (Å²) in [5.41, 5.74) is 0. The summed E-state index contributed by atoms with van der Waals surface area (Å²) in [5.74, 6) is -0.858. The first-order chi connectivity index (χ1) is 39.0. The molecule has 0 aliphatic carbocycles. The van der Waals surface area contributed by atoms with Crippen LogP contribution in [0.4, 0.5) is 0 Å². The molecule has 0 aromatic heterocycles. The van der Waals surface area contributed by atoms with Gasteiger partial charge in [0.2, 0.25) is 0 Å². The van der Waals surface area contributed by atoms with Gasteiger partial charge in [0.15, 0.2) is 6.10 Å². The van der Waals surface area contributed by atoms with E-state index in [0.29, 0.717) is 19.3 Å². The number of ether oxygens (including phenoxy) is 3. The van der Waals surface area contributed by atoms with Crippen molar-refractivity contribution in [2.24, 2.45) is 0 Å². The van der Waals surface area contributed by atoms with Crippen LogP contribution >= 0.6 is 0 Å². The fraction of sp³-hybridized carbons (Fsp3) is 0.822. The highest BCUT2D eigenvalue weighted by atomic mass is 16.6. The molecular weight excluding hydrogens is 973 g/mol. The van der Waals surface area contributed by atoms with Crippen LogP contribution in [0.25, 0.3) is 0 Å². The van der Waals surface area contributed by atoms with Crippen LogP contribution in [0, 0.1) is 0 Å². The van der Waals surface area contributed by atoms with E-state index in [1.807, 2.05) is 0 Å². The summed E-state index contributed by atoms with van der Waals surface area (Å²) < 4.78 is 17.0. The van der Waals surface area contributed by atoms with Gasteiger partial charge in [-0.25, -0.2) is 0 Å². The molecule has 0 aliphatic heterocycles. The minimum Gasteiger partial charge on any atom is -0.462 e. The van der Waals surface area contributed by atoms with E-state index in [1.165, 1.54) is 250 Å². The fourth-order valence-electron chi connectivity index (χ4n) is 10.2. The van der Waals surface area contributed by atoms with E-state index in [2.05, 4.69) is 81.5 Å². The van der Waals surface area contributed by atoms with Crippen molar-refractivity contribution in [1.82, 2.24) is 0 Å². The van der Waals surface area contributed by atoms with Crippen molar-refractivity contribution >= 4 is 17.9 Å². The van der Waals surface area contributed by atoms with Crippen LogP contribution in [-0.2, 0) is 28.6 Å². The predicted octanol–water partition coefficient (Wildman–Crippen LogP) is 23.9. The fourth-order valence-corrected chi connectivity index (χ4v) is 10.2. The van der Waals surface area contributed by atoms with Crippen molar-refractivity contribution in [1.29, 1.82) is 0 Å². The van der Waals surface area contributed by atoms with Gasteiger partial charge in [0, 0.05) is 19.3 Å². The zero-order valence-electron chi connectivity index (χ0n) is 52.9. The van der Waals surface area contributed by atoms with Gasteiger partial charge in [0.1, 0.15) is 13.2 Å². The molecule has 0 bridgehead atoms. The van der Waals surface area contributed by atoms with E-state index in [9.17, 15) is 14.4 Å². The molecule has 79 heavy (non-hydrogen) atoms. The molecule has 0 spiro atoms. The Kier molecular flexibility index (Phi) is 65.1. The van der Waals surface area contributed by atoms with Gasteiger partial charge in [-0.2, -0.15) is 0 Å². The Bertz CT molecular complexity index is 1410. The van der Waals surface area contributed by atoms with Gasteiger partial charge in [-0.15, -0.1) is 0 Å². The van der Waals surface area contributed by atoms with Crippen LogP contribution in [0.1, 0.15) is 367 Å². The number of carbonyl (C=O) groups excluding carboxylic acids is 3. The lowest BCUT2D eigenvalue weighted by Crippen LogP contribution is -2.30. The van der Waals surface area contributed by atoms with Crippen LogP contribution in [0.3, 0.4) is 0 Å². The van der Waals surface area contributed by atoms with E-state index >= 15 is 0 Å². The molecule has 0 radical (unpaired) electrons. The van der Waals surface area contributed by atoms with Crippen molar-refractivity contribution in [3.05, 3.63) is 60.8 Å². The molecule has 0 N–H and O–H groups in total. The van der Waals surface area contributed by atoms with Gasteiger partial charge >= 0.3 is 17.9 Å². The summed E-state index contributed by atoms with van der Waals surface area (Å²) in [6, 6.07) is 0. The highest BCUT2D eigenvalue weighted by Gasteiger charge is 2.19. The van der Waals surface area contributed by atoms with Crippen LogP contribution in [0.15, 0.2) is 60.8 Å². The molecule has 0 heterocycles. The van der Waals surface area contributed by atoms with Crippen molar-refractivity contribution in [2.45, 2.75) is 374 Å². The third kappa shape index (κ3) is 65.8. The lowest BCUT2D eigenvalue weighted by Gasteiger charge is -2.18. The minimum atomic E-state index is -0.778. The molecule has 0 rings (SSSR count). The summed E-state index contributed by atoms with van der Waals surface area (Å²) >= 11 is 0. The smallest absolute Gasteiger partial charge is 0.306 e. The van der Waals surface area contributed by atoms with Gasteiger partial charge in [-0.05, 0) is 89.9 Å². The van der Waals surface area contributed by atoms with Gasteiger partial charge in [0.25, 0.3) is 0 Å². The van der Waals surface area contributed by atoms with Crippen LogP contribution in [0.2, 0.25) is 0 Å². The Morgan fingerprint density at radius 2 is 0.456 bits per heavy atom. The summed E-state index contributed by atoms with van der Waals surface area (Å²) in [6.45, 7) is 6.66. The monoisotopic (exact) mass is 1110 g/mol. The van der Waals surface area contributed by atoms with Crippen molar-refractivity contribution < 1.29 is 28.6 Å². The number of hydrogen-bond acceptors (Lipinski definition) is 6. The topological polar surface area (TPSA) is 78.9 Å². The summed E-state index contributed by atoms with van der Waals surface area (Å²) in [6.07, 6.45) is 86.6. The summed E-state index contributed by atoms with van der Waals surface area (Å²) in [7, 11) is 0. The maximum atomic E-state index is 12.9. The molecule has 6 heteroatoms. The number of esters is 3. The molecule has 460 valence electrons. The Balaban J connectivity index is 4.33. The quantitative estimate of drug-likeness (QED) is 0.0261. The molecule has 0 amide bonds.